The number of amides is 1. The molecular weight excluding hydrogens is 482 g/mol. The third-order valence-corrected chi connectivity index (χ3v) is 5.44. The number of nitrogens with one attached hydrogen (secondary N) is 2. The zero-order valence-corrected chi connectivity index (χ0v) is 19.4. The number of aryl methyl sites for hydroxylation is 1. The first kappa shape index (κ1) is 24.8. The van der Waals surface area contributed by atoms with Gasteiger partial charge in [0.15, 0.2) is 17.4 Å². The van der Waals surface area contributed by atoms with Crippen LogP contribution in [0.3, 0.4) is 0 Å². The van der Waals surface area contributed by atoms with Crippen molar-refractivity contribution in [3.8, 4) is 11.1 Å². The summed E-state index contributed by atoms with van der Waals surface area (Å²) in [6.07, 6.45) is 1.49. The second-order valence-electron chi connectivity index (χ2n) is 8.58. The Labute approximate surface area is 202 Å². The zero-order valence-electron chi connectivity index (χ0n) is 19.4. The molecule has 1 amide bonds. The van der Waals surface area contributed by atoms with E-state index in [2.05, 4.69) is 30.7 Å². The van der Waals surface area contributed by atoms with Crippen LogP contribution < -0.4 is 10.6 Å². The highest BCUT2D eigenvalue weighted by Gasteiger charge is 2.51. The number of imidazole rings is 1. The number of nitrogens with zero attached hydrogens (tertiary/aromatic N) is 5. The van der Waals surface area contributed by atoms with Gasteiger partial charge < -0.3 is 19.7 Å². The van der Waals surface area contributed by atoms with Gasteiger partial charge in [-0.05, 0) is 31.0 Å². The molecule has 4 rings (SSSR count). The lowest BCUT2D eigenvalue weighted by molar-refractivity contribution is -0.185. The standard InChI is InChI=1S/C23H21F4N7O2/c1-22(2,23(25,26)27)17-8-18(33-36-17)31-20(35)7-14-5-4-13(6-16(14)24)15-9-28-21(29-10-15)32-19-11-34(3)12-30-19/h4-6,8-12H,7H2,1-3H3,(H,28,29,32)(H,31,33,35). The largest absolute Gasteiger partial charge is 0.401 e. The van der Waals surface area contributed by atoms with E-state index < -0.39 is 29.1 Å². The Hall–Kier alpha value is -4.29. The number of carbonyl (C=O) groups is 1. The lowest BCUT2D eigenvalue weighted by Crippen LogP contribution is -2.35. The number of benzene rings is 1. The van der Waals surface area contributed by atoms with E-state index in [1.165, 1.54) is 24.5 Å². The molecule has 0 fully saturated rings. The van der Waals surface area contributed by atoms with Crippen molar-refractivity contribution in [2.24, 2.45) is 7.05 Å². The van der Waals surface area contributed by atoms with E-state index in [1.807, 2.05) is 7.05 Å². The first-order valence-electron chi connectivity index (χ1n) is 10.6. The van der Waals surface area contributed by atoms with Gasteiger partial charge in [0.2, 0.25) is 11.9 Å². The van der Waals surface area contributed by atoms with Crippen molar-refractivity contribution >= 4 is 23.5 Å². The lowest BCUT2D eigenvalue weighted by Gasteiger charge is -2.24. The van der Waals surface area contributed by atoms with Crippen LogP contribution in [0.15, 0.2) is 53.7 Å². The molecule has 0 saturated heterocycles. The molecule has 0 atom stereocenters. The van der Waals surface area contributed by atoms with Crippen LogP contribution in [0.5, 0.6) is 0 Å². The predicted octanol–water partition coefficient (Wildman–Crippen LogP) is 4.77. The van der Waals surface area contributed by atoms with Crippen LogP contribution in [0.4, 0.5) is 35.1 Å². The Kier molecular flexibility index (Phi) is 6.48. The smallest absolute Gasteiger partial charge is 0.358 e. The van der Waals surface area contributed by atoms with E-state index in [0.29, 0.717) is 22.9 Å². The zero-order chi connectivity index (χ0) is 26.1. The summed E-state index contributed by atoms with van der Waals surface area (Å²) in [4.78, 5) is 24.8. The molecule has 3 aromatic heterocycles. The van der Waals surface area contributed by atoms with Crippen LogP contribution in [-0.4, -0.2) is 36.8 Å². The quantitative estimate of drug-likeness (QED) is 0.350. The summed E-state index contributed by atoms with van der Waals surface area (Å²) in [5.41, 5.74) is -1.15. The Morgan fingerprint density at radius 3 is 2.39 bits per heavy atom. The number of anilines is 3. The Bertz CT molecular complexity index is 1380. The average Bonchev–Trinajstić information content (AvgIpc) is 3.44. The topological polar surface area (TPSA) is 111 Å². The van der Waals surface area contributed by atoms with E-state index in [-0.39, 0.29) is 17.8 Å². The van der Waals surface area contributed by atoms with E-state index in [0.717, 1.165) is 19.9 Å². The molecule has 0 aliphatic carbocycles. The van der Waals surface area contributed by atoms with Crippen molar-refractivity contribution in [1.82, 2.24) is 24.7 Å². The molecule has 9 nitrogen and oxygen atoms in total. The van der Waals surface area contributed by atoms with Crippen molar-refractivity contribution in [2.75, 3.05) is 10.6 Å². The highest BCUT2D eigenvalue weighted by molar-refractivity contribution is 5.91. The van der Waals surface area contributed by atoms with Crippen LogP contribution >= 0.6 is 0 Å². The minimum Gasteiger partial charge on any atom is -0.358 e. The summed E-state index contributed by atoms with van der Waals surface area (Å²) in [5, 5.41) is 8.73. The number of halogens is 4. The molecule has 0 unspecified atom stereocenters. The van der Waals surface area contributed by atoms with Gasteiger partial charge in [-0.25, -0.2) is 19.3 Å². The van der Waals surface area contributed by atoms with Crippen LogP contribution in [0.2, 0.25) is 0 Å². The average molecular weight is 503 g/mol. The first-order chi connectivity index (χ1) is 16.9. The summed E-state index contributed by atoms with van der Waals surface area (Å²) in [6, 6.07) is 5.28. The fraction of sp³-hybridized carbons (Fsp3) is 0.261. The third kappa shape index (κ3) is 5.34. The van der Waals surface area contributed by atoms with Crippen molar-refractivity contribution in [3.63, 3.8) is 0 Å². The van der Waals surface area contributed by atoms with Crippen LogP contribution in [0.25, 0.3) is 11.1 Å². The fourth-order valence-electron chi connectivity index (χ4n) is 3.13. The number of hydrogen-bond acceptors (Lipinski definition) is 7. The molecule has 4 aromatic rings. The van der Waals surface area contributed by atoms with E-state index in [1.54, 1.807) is 23.2 Å². The van der Waals surface area contributed by atoms with Gasteiger partial charge in [0.1, 0.15) is 11.2 Å². The molecule has 36 heavy (non-hydrogen) atoms. The van der Waals surface area contributed by atoms with Gasteiger partial charge in [-0.15, -0.1) is 0 Å². The Morgan fingerprint density at radius 1 is 1.06 bits per heavy atom. The summed E-state index contributed by atoms with van der Waals surface area (Å²) in [5.74, 6) is -1.06. The molecule has 13 heteroatoms. The summed E-state index contributed by atoms with van der Waals surface area (Å²) >= 11 is 0. The van der Waals surface area contributed by atoms with Crippen LogP contribution in [-0.2, 0) is 23.7 Å². The molecule has 0 radical (unpaired) electrons. The minimum atomic E-state index is -4.57. The summed E-state index contributed by atoms with van der Waals surface area (Å²) in [6.45, 7) is 1.87. The molecule has 2 N–H and O–H groups in total. The van der Waals surface area contributed by atoms with Gasteiger partial charge in [0, 0.05) is 37.3 Å². The highest BCUT2D eigenvalue weighted by atomic mass is 19.4. The van der Waals surface area contributed by atoms with E-state index >= 15 is 0 Å². The second kappa shape index (κ2) is 9.40. The summed E-state index contributed by atoms with van der Waals surface area (Å²) in [7, 11) is 1.83. The molecule has 0 spiro atoms. The molecule has 0 bridgehead atoms. The van der Waals surface area contributed by atoms with Crippen molar-refractivity contribution in [3.05, 3.63) is 66.3 Å². The van der Waals surface area contributed by atoms with Gasteiger partial charge in [0.05, 0.1) is 12.7 Å². The Morgan fingerprint density at radius 2 is 1.78 bits per heavy atom. The molecular formula is C23H21F4N7O2. The molecule has 0 aliphatic rings. The monoisotopic (exact) mass is 503 g/mol. The number of alkyl halides is 3. The number of hydrogen-bond donors (Lipinski definition) is 2. The van der Waals surface area contributed by atoms with Gasteiger partial charge in [0.25, 0.3) is 0 Å². The molecule has 1 aromatic carbocycles. The van der Waals surface area contributed by atoms with E-state index in [9.17, 15) is 22.4 Å². The SMILES string of the molecule is Cn1cnc(Nc2ncc(-c3ccc(CC(=O)Nc4cc(C(C)(C)C(F)(F)F)on4)c(F)c3)cn2)c1. The Balaban J connectivity index is 1.39. The molecule has 3 heterocycles. The highest BCUT2D eigenvalue weighted by Crippen LogP contribution is 2.41. The van der Waals surface area contributed by atoms with Gasteiger partial charge in [-0.1, -0.05) is 17.3 Å². The maximum atomic E-state index is 14.7. The molecule has 188 valence electrons. The lowest BCUT2D eigenvalue weighted by atomic mass is 9.89. The molecule has 0 aliphatic heterocycles. The van der Waals surface area contributed by atoms with Crippen LogP contribution in [0, 0.1) is 5.82 Å². The number of carbonyl (C=O) groups excluding carboxylic acids is 1. The van der Waals surface area contributed by atoms with E-state index in [4.69, 9.17) is 4.52 Å². The van der Waals surface area contributed by atoms with Crippen molar-refractivity contribution in [1.29, 1.82) is 0 Å². The van der Waals surface area contributed by atoms with Gasteiger partial charge in [-0.2, -0.15) is 13.2 Å². The maximum Gasteiger partial charge on any atom is 0.401 e. The second-order valence-corrected chi connectivity index (χ2v) is 8.58. The maximum absolute atomic E-state index is 14.7. The molecule has 0 saturated carbocycles. The third-order valence-electron chi connectivity index (χ3n) is 5.44. The van der Waals surface area contributed by atoms with Crippen molar-refractivity contribution < 1.29 is 26.9 Å². The van der Waals surface area contributed by atoms with Crippen LogP contribution in [0.1, 0.15) is 25.2 Å². The number of aromatic nitrogens is 5. The normalized spacial score (nSPS) is 12.0. The minimum absolute atomic E-state index is 0.0879. The predicted molar refractivity (Wildman–Crippen MR) is 122 cm³/mol. The first-order valence-corrected chi connectivity index (χ1v) is 10.6. The summed E-state index contributed by atoms with van der Waals surface area (Å²) < 4.78 is 60.7. The van der Waals surface area contributed by atoms with Gasteiger partial charge >= 0.3 is 6.18 Å². The number of rotatable bonds is 7. The van der Waals surface area contributed by atoms with Crippen molar-refractivity contribution in [2.45, 2.75) is 31.9 Å². The van der Waals surface area contributed by atoms with Gasteiger partial charge in [-0.3, -0.25) is 4.79 Å². The fourth-order valence-corrected chi connectivity index (χ4v) is 3.13.